The lowest BCUT2D eigenvalue weighted by atomic mass is 10.1. The first-order chi connectivity index (χ1) is 12.4. The van der Waals surface area contributed by atoms with Crippen LogP contribution in [0.1, 0.15) is 27.3 Å². The second kappa shape index (κ2) is 7.32. The average molecular weight is 357 g/mol. The molecule has 1 aliphatic rings. The number of nitrogens with zero attached hydrogens (tertiary/aromatic N) is 3. The number of benzene rings is 1. The monoisotopic (exact) mass is 357 g/mol. The van der Waals surface area contributed by atoms with E-state index in [9.17, 15) is 14.0 Å². The summed E-state index contributed by atoms with van der Waals surface area (Å²) in [6.45, 7) is 6.09. The number of hydrogen-bond acceptors (Lipinski definition) is 2. The number of amides is 2. The highest BCUT2D eigenvalue weighted by molar-refractivity contribution is 5.94. The highest BCUT2D eigenvalue weighted by atomic mass is 19.1. The van der Waals surface area contributed by atoms with Crippen molar-refractivity contribution in [3.8, 4) is 0 Å². The SMILES string of the molecule is Cc1cc(CC(=O)N2CCN(C(=O)c3ccc(F)cc3)CC2)c(C)n1C. The van der Waals surface area contributed by atoms with Gasteiger partial charge < -0.3 is 14.4 Å². The molecule has 0 saturated carbocycles. The number of aromatic nitrogens is 1. The molecule has 1 fully saturated rings. The summed E-state index contributed by atoms with van der Waals surface area (Å²) in [7, 11) is 2.00. The summed E-state index contributed by atoms with van der Waals surface area (Å²) >= 11 is 0. The fourth-order valence-corrected chi connectivity index (χ4v) is 3.32. The van der Waals surface area contributed by atoms with Gasteiger partial charge in [-0.1, -0.05) is 0 Å². The molecule has 0 radical (unpaired) electrons. The van der Waals surface area contributed by atoms with Gasteiger partial charge in [-0.15, -0.1) is 0 Å². The van der Waals surface area contributed by atoms with Crippen molar-refractivity contribution in [2.45, 2.75) is 20.3 Å². The van der Waals surface area contributed by atoms with Crippen LogP contribution >= 0.6 is 0 Å². The molecule has 3 rings (SSSR count). The van der Waals surface area contributed by atoms with E-state index in [-0.39, 0.29) is 17.6 Å². The van der Waals surface area contributed by atoms with Crippen molar-refractivity contribution in [2.75, 3.05) is 26.2 Å². The number of aryl methyl sites for hydroxylation is 1. The number of carbonyl (C=O) groups excluding carboxylic acids is 2. The summed E-state index contributed by atoms with van der Waals surface area (Å²) in [6.07, 6.45) is 0.388. The predicted octanol–water partition coefficient (Wildman–Crippen LogP) is 2.31. The van der Waals surface area contributed by atoms with Gasteiger partial charge in [0.25, 0.3) is 5.91 Å². The topological polar surface area (TPSA) is 45.6 Å². The van der Waals surface area contributed by atoms with Crippen LogP contribution in [0.3, 0.4) is 0 Å². The van der Waals surface area contributed by atoms with E-state index in [4.69, 9.17) is 0 Å². The molecule has 2 heterocycles. The maximum Gasteiger partial charge on any atom is 0.253 e. The zero-order valence-corrected chi connectivity index (χ0v) is 15.5. The van der Waals surface area contributed by atoms with Gasteiger partial charge in [0.05, 0.1) is 6.42 Å². The lowest BCUT2D eigenvalue weighted by Crippen LogP contribution is -2.51. The molecule has 0 spiro atoms. The first kappa shape index (κ1) is 18.2. The molecule has 0 aliphatic carbocycles. The van der Waals surface area contributed by atoms with E-state index in [1.807, 2.05) is 25.8 Å². The molecule has 6 heteroatoms. The summed E-state index contributed by atoms with van der Waals surface area (Å²) < 4.78 is 15.1. The molecule has 26 heavy (non-hydrogen) atoms. The Morgan fingerprint density at radius 2 is 1.58 bits per heavy atom. The van der Waals surface area contributed by atoms with Crippen molar-refractivity contribution < 1.29 is 14.0 Å². The Labute approximate surface area is 153 Å². The molecule has 0 unspecified atom stereocenters. The Kier molecular flexibility index (Phi) is 5.11. The third-order valence-corrected chi connectivity index (χ3v) is 5.23. The maximum atomic E-state index is 13.0. The van der Waals surface area contributed by atoms with Crippen LogP contribution in [-0.2, 0) is 18.3 Å². The lowest BCUT2D eigenvalue weighted by Gasteiger charge is -2.35. The molecule has 0 bridgehead atoms. The Morgan fingerprint density at radius 3 is 2.12 bits per heavy atom. The van der Waals surface area contributed by atoms with Gasteiger partial charge in [0.2, 0.25) is 5.91 Å². The Hall–Kier alpha value is -2.63. The van der Waals surface area contributed by atoms with Crippen molar-refractivity contribution in [3.05, 3.63) is 58.7 Å². The minimum absolute atomic E-state index is 0.0904. The molecule has 2 aromatic rings. The van der Waals surface area contributed by atoms with Crippen molar-refractivity contribution in [2.24, 2.45) is 7.05 Å². The molecule has 0 N–H and O–H groups in total. The summed E-state index contributed by atoms with van der Waals surface area (Å²) in [6, 6.07) is 7.63. The van der Waals surface area contributed by atoms with E-state index >= 15 is 0 Å². The van der Waals surface area contributed by atoms with Crippen LogP contribution < -0.4 is 0 Å². The molecule has 1 saturated heterocycles. The van der Waals surface area contributed by atoms with Gasteiger partial charge in [-0.2, -0.15) is 0 Å². The van der Waals surface area contributed by atoms with Gasteiger partial charge in [-0.05, 0) is 49.7 Å². The second-order valence-corrected chi connectivity index (χ2v) is 6.81. The van der Waals surface area contributed by atoms with E-state index in [2.05, 4.69) is 10.6 Å². The van der Waals surface area contributed by atoms with Crippen molar-refractivity contribution in [3.63, 3.8) is 0 Å². The number of carbonyl (C=O) groups is 2. The zero-order chi connectivity index (χ0) is 18.8. The molecule has 138 valence electrons. The predicted molar refractivity (Wildman–Crippen MR) is 97.5 cm³/mol. The van der Waals surface area contributed by atoms with Gasteiger partial charge in [0.1, 0.15) is 5.82 Å². The molecule has 0 atom stereocenters. The Balaban J connectivity index is 1.57. The Bertz CT molecular complexity index is 818. The first-order valence-electron chi connectivity index (χ1n) is 8.81. The Morgan fingerprint density at radius 1 is 1.00 bits per heavy atom. The second-order valence-electron chi connectivity index (χ2n) is 6.81. The third-order valence-electron chi connectivity index (χ3n) is 5.23. The fourth-order valence-electron chi connectivity index (χ4n) is 3.32. The number of hydrogen-bond donors (Lipinski definition) is 0. The molecule has 1 aromatic heterocycles. The van der Waals surface area contributed by atoms with Crippen molar-refractivity contribution >= 4 is 11.8 Å². The van der Waals surface area contributed by atoms with Gasteiger partial charge in [-0.3, -0.25) is 9.59 Å². The van der Waals surface area contributed by atoms with Crippen LogP contribution in [0.25, 0.3) is 0 Å². The fraction of sp³-hybridized carbons (Fsp3) is 0.400. The minimum atomic E-state index is -0.358. The largest absolute Gasteiger partial charge is 0.352 e. The quantitative estimate of drug-likeness (QED) is 0.846. The summed E-state index contributed by atoms with van der Waals surface area (Å²) in [5.74, 6) is -0.386. The van der Waals surface area contributed by atoms with E-state index in [0.29, 0.717) is 38.2 Å². The van der Waals surface area contributed by atoms with Gasteiger partial charge in [0.15, 0.2) is 0 Å². The molecular weight excluding hydrogens is 333 g/mol. The maximum absolute atomic E-state index is 13.0. The molecule has 2 amide bonds. The lowest BCUT2D eigenvalue weighted by molar-refractivity contribution is -0.131. The first-order valence-corrected chi connectivity index (χ1v) is 8.81. The van der Waals surface area contributed by atoms with Gasteiger partial charge in [-0.25, -0.2) is 4.39 Å². The normalized spacial score (nSPS) is 14.6. The third kappa shape index (κ3) is 3.64. The van der Waals surface area contributed by atoms with Crippen LogP contribution in [0.4, 0.5) is 4.39 Å². The number of rotatable bonds is 3. The summed E-state index contributed by atoms with van der Waals surface area (Å²) in [5.41, 5.74) is 3.78. The minimum Gasteiger partial charge on any atom is -0.352 e. The van der Waals surface area contributed by atoms with Crippen LogP contribution in [0, 0.1) is 19.7 Å². The van der Waals surface area contributed by atoms with E-state index in [0.717, 1.165) is 17.0 Å². The van der Waals surface area contributed by atoms with Crippen molar-refractivity contribution in [1.29, 1.82) is 0 Å². The van der Waals surface area contributed by atoms with Crippen LogP contribution in [0.5, 0.6) is 0 Å². The summed E-state index contributed by atoms with van der Waals surface area (Å²) in [4.78, 5) is 28.6. The highest BCUT2D eigenvalue weighted by Crippen LogP contribution is 2.16. The van der Waals surface area contributed by atoms with Crippen LogP contribution in [0.15, 0.2) is 30.3 Å². The summed E-state index contributed by atoms with van der Waals surface area (Å²) in [5, 5.41) is 0. The number of piperazine rings is 1. The average Bonchev–Trinajstić information content (AvgIpc) is 2.88. The highest BCUT2D eigenvalue weighted by Gasteiger charge is 2.25. The van der Waals surface area contributed by atoms with E-state index in [1.54, 1.807) is 4.90 Å². The standard InChI is InChI=1S/C20H24FN3O2/c1-14-12-17(15(2)22(14)3)13-19(25)23-8-10-24(11-9-23)20(26)16-4-6-18(21)7-5-16/h4-7,12H,8-11,13H2,1-3H3. The molecule has 1 aromatic carbocycles. The van der Waals surface area contributed by atoms with Gasteiger partial charge >= 0.3 is 0 Å². The van der Waals surface area contributed by atoms with Crippen LogP contribution in [0.2, 0.25) is 0 Å². The van der Waals surface area contributed by atoms with E-state index in [1.165, 1.54) is 24.3 Å². The molecule has 1 aliphatic heterocycles. The number of halogens is 1. The van der Waals surface area contributed by atoms with Crippen molar-refractivity contribution in [1.82, 2.24) is 14.4 Å². The molecule has 5 nitrogen and oxygen atoms in total. The zero-order valence-electron chi connectivity index (χ0n) is 15.5. The smallest absolute Gasteiger partial charge is 0.253 e. The van der Waals surface area contributed by atoms with Gasteiger partial charge in [0, 0.05) is 50.2 Å². The molecular formula is C20H24FN3O2. The van der Waals surface area contributed by atoms with E-state index < -0.39 is 0 Å². The van der Waals surface area contributed by atoms with Crippen LogP contribution in [-0.4, -0.2) is 52.4 Å².